The summed E-state index contributed by atoms with van der Waals surface area (Å²) in [6.07, 6.45) is 1.71. The Morgan fingerprint density at radius 2 is 1.62 bits per heavy atom. The fourth-order valence-corrected chi connectivity index (χ4v) is 4.22. The molecular weight excluding hydrogens is 294 g/mol. The molecule has 8 heteroatoms. The molecule has 0 aromatic carbocycles. The monoisotopic (exact) mass is 321 g/mol. The van der Waals surface area contributed by atoms with Crippen molar-refractivity contribution >= 4 is 16.2 Å². The maximum absolute atomic E-state index is 12.6. The number of hydrogen-bond donors (Lipinski definition) is 1. The van der Waals surface area contributed by atoms with Crippen LogP contribution in [0.15, 0.2) is 0 Å². The van der Waals surface area contributed by atoms with E-state index >= 15 is 0 Å². The van der Waals surface area contributed by atoms with E-state index in [4.69, 9.17) is 5.11 Å². The van der Waals surface area contributed by atoms with Crippen LogP contribution in [0.4, 0.5) is 0 Å². The Labute approximate surface area is 127 Å². The van der Waals surface area contributed by atoms with Crippen LogP contribution in [0, 0.1) is 0 Å². The number of carbonyl (C=O) groups is 1. The van der Waals surface area contributed by atoms with Crippen molar-refractivity contribution in [1.82, 2.24) is 13.5 Å². The van der Waals surface area contributed by atoms with Crippen LogP contribution >= 0.6 is 0 Å². The fraction of sp³-hybridized carbons (Fsp3) is 0.923. The minimum atomic E-state index is -3.38. The van der Waals surface area contributed by atoms with Crippen LogP contribution in [0.3, 0.4) is 0 Å². The summed E-state index contributed by atoms with van der Waals surface area (Å²) in [6.45, 7) is 7.60. The third-order valence-corrected chi connectivity index (χ3v) is 5.61. The Morgan fingerprint density at radius 3 is 2.05 bits per heavy atom. The fourth-order valence-electron chi connectivity index (χ4n) is 2.44. The van der Waals surface area contributed by atoms with E-state index < -0.39 is 16.2 Å². The van der Waals surface area contributed by atoms with Gasteiger partial charge in [0.05, 0.1) is 6.42 Å². The Hall–Kier alpha value is -0.700. The molecule has 0 bridgehead atoms. The van der Waals surface area contributed by atoms with E-state index in [2.05, 4.69) is 0 Å². The highest BCUT2D eigenvalue weighted by atomic mass is 32.2. The van der Waals surface area contributed by atoms with Crippen LogP contribution in [0.25, 0.3) is 0 Å². The molecule has 0 aromatic heterocycles. The molecule has 1 saturated heterocycles. The lowest BCUT2D eigenvalue weighted by Gasteiger charge is -2.36. The molecule has 1 rings (SSSR count). The van der Waals surface area contributed by atoms with Crippen molar-refractivity contribution in [3.05, 3.63) is 0 Å². The topological polar surface area (TPSA) is 81.2 Å². The highest BCUT2D eigenvalue weighted by molar-refractivity contribution is 7.86. The van der Waals surface area contributed by atoms with Gasteiger partial charge in [-0.15, -0.1) is 0 Å². The highest BCUT2D eigenvalue weighted by Crippen LogP contribution is 2.13. The third-order valence-electron chi connectivity index (χ3n) is 3.57. The van der Waals surface area contributed by atoms with Gasteiger partial charge in [-0.3, -0.25) is 4.79 Å². The van der Waals surface area contributed by atoms with Gasteiger partial charge in [0.1, 0.15) is 0 Å². The first-order valence-electron chi connectivity index (χ1n) is 7.61. The zero-order chi connectivity index (χ0) is 15.9. The Balaban J connectivity index is 2.56. The molecule has 124 valence electrons. The van der Waals surface area contributed by atoms with Crippen LogP contribution in [0.2, 0.25) is 0 Å². The van der Waals surface area contributed by atoms with Crippen LogP contribution in [-0.2, 0) is 15.0 Å². The van der Waals surface area contributed by atoms with E-state index in [1.807, 2.05) is 18.7 Å². The number of nitrogens with zero attached hydrogens (tertiary/aromatic N) is 3. The summed E-state index contributed by atoms with van der Waals surface area (Å²) in [4.78, 5) is 12.6. The summed E-state index contributed by atoms with van der Waals surface area (Å²) in [6, 6.07) is 0. The third kappa shape index (κ3) is 5.54. The molecule has 1 aliphatic rings. The van der Waals surface area contributed by atoms with Gasteiger partial charge in [0, 0.05) is 45.8 Å². The molecule has 1 N–H and O–H groups in total. The van der Waals surface area contributed by atoms with Crippen molar-refractivity contribution < 1.29 is 18.3 Å². The normalized spacial score (nSPS) is 18.2. The molecule has 1 aliphatic heterocycles. The first kappa shape index (κ1) is 18.3. The molecule has 0 unspecified atom stereocenters. The van der Waals surface area contributed by atoms with Crippen molar-refractivity contribution in [3.8, 4) is 0 Å². The maximum atomic E-state index is 12.6. The molecule has 0 saturated carbocycles. The van der Waals surface area contributed by atoms with E-state index in [9.17, 15) is 13.2 Å². The van der Waals surface area contributed by atoms with Crippen molar-refractivity contribution in [1.29, 1.82) is 0 Å². The van der Waals surface area contributed by atoms with Crippen molar-refractivity contribution in [2.45, 2.75) is 33.1 Å². The summed E-state index contributed by atoms with van der Waals surface area (Å²) in [5.41, 5.74) is 0. The van der Waals surface area contributed by atoms with Crippen molar-refractivity contribution in [3.63, 3.8) is 0 Å². The second kappa shape index (κ2) is 8.67. The zero-order valence-corrected chi connectivity index (χ0v) is 13.8. The predicted molar refractivity (Wildman–Crippen MR) is 81.3 cm³/mol. The number of hydrogen-bond acceptors (Lipinski definition) is 4. The molecule has 21 heavy (non-hydrogen) atoms. The van der Waals surface area contributed by atoms with Gasteiger partial charge >= 0.3 is 5.97 Å². The summed E-state index contributed by atoms with van der Waals surface area (Å²) in [5.74, 6) is -0.817. The van der Waals surface area contributed by atoms with Crippen molar-refractivity contribution in [2.24, 2.45) is 0 Å². The molecule has 0 aliphatic carbocycles. The van der Waals surface area contributed by atoms with Crippen molar-refractivity contribution in [2.75, 3.05) is 45.8 Å². The predicted octanol–water partition coefficient (Wildman–Crippen LogP) is 0.446. The van der Waals surface area contributed by atoms with Gasteiger partial charge in [-0.2, -0.15) is 17.0 Å². The lowest BCUT2D eigenvalue weighted by molar-refractivity contribution is -0.137. The van der Waals surface area contributed by atoms with Crippen LogP contribution in [0.1, 0.15) is 33.1 Å². The largest absolute Gasteiger partial charge is 0.481 e. The number of carboxylic acid groups (broad SMARTS) is 1. The van der Waals surface area contributed by atoms with E-state index in [0.29, 0.717) is 45.8 Å². The Kier molecular flexibility index (Phi) is 7.58. The molecule has 0 aromatic rings. The van der Waals surface area contributed by atoms with Gasteiger partial charge in [-0.05, 0) is 12.8 Å². The van der Waals surface area contributed by atoms with E-state index in [1.165, 1.54) is 4.31 Å². The summed E-state index contributed by atoms with van der Waals surface area (Å²) < 4.78 is 28.2. The van der Waals surface area contributed by atoms with E-state index in [-0.39, 0.29) is 6.42 Å². The quantitative estimate of drug-likeness (QED) is 0.667. The standard InChI is InChI=1S/C13H27N3O4S/c1-3-6-15(7-4-2)21(19,20)16-11-9-14(10-12-16)8-5-13(17)18/h3-12H2,1-2H3,(H,17,18). The molecule has 0 radical (unpaired) electrons. The van der Waals surface area contributed by atoms with E-state index in [0.717, 1.165) is 12.8 Å². The number of aliphatic carboxylic acids is 1. The number of carboxylic acids is 1. The molecule has 7 nitrogen and oxygen atoms in total. The molecule has 1 fully saturated rings. The Bertz CT molecular complexity index is 413. The second-order valence-corrected chi connectivity index (χ2v) is 7.22. The Morgan fingerprint density at radius 1 is 1.10 bits per heavy atom. The average molecular weight is 321 g/mol. The minimum absolute atomic E-state index is 0.102. The van der Waals surface area contributed by atoms with E-state index in [1.54, 1.807) is 4.31 Å². The second-order valence-electron chi connectivity index (χ2n) is 5.29. The summed E-state index contributed by atoms with van der Waals surface area (Å²) in [5, 5.41) is 8.68. The van der Waals surface area contributed by atoms with Crippen LogP contribution < -0.4 is 0 Å². The summed E-state index contributed by atoms with van der Waals surface area (Å²) >= 11 is 0. The van der Waals surface area contributed by atoms with Gasteiger partial charge in [0.2, 0.25) is 0 Å². The van der Waals surface area contributed by atoms with Gasteiger partial charge in [-0.1, -0.05) is 13.8 Å². The number of rotatable bonds is 9. The van der Waals surface area contributed by atoms with Gasteiger partial charge in [0.15, 0.2) is 0 Å². The van der Waals surface area contributed by atoms with Gasteiger partial charge < -0.3 is 10.0 Å². The summed E-state index contributed by atoms with van der Waals surface area (Å²) in [7, 11) is -3.38. The zero-order valence-electron chi connectivity index (χ0n) is 13.0. The highest BCUT2D eigenvalue weighted by Gasteiger charge is 2.31. The van der Waals surface area contributed by atoms with Crippen LogP contribution in [0.5, 0.6) is 0 Å². The SMILES string of the molecule is CCCN(CCC)S(=O)(=O)N1CCN(CCC(=O)O)CC1. The molecule has 1 heterocycles. The lowest BCUT2D eigenvalue weighted by Crippen LogP contribution is -2.53. The molecule has 0 amide bonds. The van der Waals surface area contributed by atoms with Crippen LogP contribution in [-0.4, -0.2) is 78.8 Å². The smallest absolute Gasteiger partial charge is 0.304 e. The minimum Gasteiger partial charge on any atom is -0.481 e. The molecule has 0 atom stereocenters. The maximum Gasteiger partial charge on any atom is 0.304 e. The average Bonchev–Trinajstić information content (AvgIpc) is 2.45. The molecular formula is C13H27N3O4S. The first-order chi connectivity index (χ1) is 9.91. The lowest BCUT2D eigenvalue weighted by atomic mass is 10.3. The first-order valence-corrected chi connectivity index (χ1v) is 9.00. The molecule has 0 spiro atoms. The van der Waals surface area contributed by atoms with Gasteiger partial charge in [-0.25, -0.2) is 0 Å². The number of piperazine rings is 1. The van der Waals surface area contributed by atoms with Gasteiger partial charge in [0.25, 0.3) is 10.2 Å².